The van der Waals surface area contributed by atoms with Crippen LogP contribution in [0.2, 0.25) is 0 Å². The molecule has 0 aromatic carbocycles. The minimum Gasteiger partial charge on any atom is -0.381 e. The number of thiazole rings is 1. The highest BCUT2D eigenvalue weighted by molar-refractivity contribution is 7.13. The van der Waals surface area contributed by atoms with Crippen LogP contribution in [0.1, 0.15) is 6.42 Å². The number of hydrogen-bond donors (Lipinski definition) is 2. The molecule has 1 fully saturated rings. The van der Waals surface area contributed by atoms with Crippen molar-refractivity contribution in [2.45, 2.75) is 6.42 Å². The normalized spacial score (nSPS) is 20.1. The average molecular weight is 227 g/mol. The first kappa shape index (κ1) is 10.4. The van der Waals surface area contributed by atoms with Crippen molar-refractivity contribution in [1.29, 1.82) is 0 Å². The molecule has 1 unspecified atom stereocenters. The lowest BCUT2D eigenvalue weighted by molar-refractivity contribution is 0.185. The van der Waals surface area contributed by atoms with Crippen LogP contribution in [0.15, 0.2) is 11.6 Å². The molecule has 2 rings (SSSR count). The molecule has 1 aromatic rings. The van der Waals surface area contributed by atoms with Gasteiger partial charge in [-0.3, -0.25) is 5.32 Å². The Kier molecular flexibility index (Phi) is 3.52. The highest BCUT2D eigenvalue weighted by Gasteiger charge is 2.16. The summed E-state index contributed by atoms with van der Waals surface area (Å²) in [6, 6.07) is -0.197. The van der Waals surface area contributed by atoms with Crippen LogP contribution in [0, 0.1) is 5.92 Å². The Hall–Kier alpha value is -1.14. The number of anilines is 1. The summed E-state index contributed by atoms with van der Waals surface area (Å²) in [7, 11) is 0. The largest absolute Gasteiger partial charge is 0.381 e. The first-order chi connectivity index (χ1) is 7.34. The van der Waals surface area contributed by atoms with E-state index in [-0.39, 0.29) is 6.03 Å². The van der Waals surface area contributed by atoms with E-state index < -0.39 is 0 Å². The summed E-state index contributed by atoms with van der Waals surface area (Å²) < 4.78 is 5.21. The van der Waals surface area contributed by atoms with Gasteiger partial charge in [-0.15, -0.1) is 11.3 Å². The molecule has 0 spiro atoms. The molecule has 82 valence electrons. The van der Waals surface area contributed by atoms with Crippen molar-refractivity contribution in [2.24, 2.45) is 5.92 Å². The van der Waals surface area contributed by atoms with E-state index in [1.54, 1.807) is 6.20 Å². The molecule has 1 aliphatic heterocycles. The molecule has 1 saturated heterocycles. The summed E-state index contributed by atoms with van der Waals surface area (Å²) in [5.74, 6) is 0.451. The summed E-state index contributed by atoms with van der Waals surface area (Å²) in [4.78, 5) is 15.3. The Morgan fingerprint density at radius 2 is 2.67 bits per heavy atom. The number of aromatic nitrogens is 1. The van der Waals surface area contributed by atoms with E-state index >= 15 is 0 Å². The van der Waals surface area contributed by atoms with Gasteiger partial charge in [-0.05, 0) is 6.42 Å². The van der Waals surface area contributed by atoms with Gasteiger partial charge in [0, 0.05) is 30.6 Å². The van der Waals surface area contributed by atoms with E-state index in [0.29, 0.717) is 17.6 Å². The standard InChI is InChI=1S/C9H13N3O2S/c13-8(12-9-10-2-4-15-9)11-5-7-1-3-14-6-7/h2,4,7H,1,3,5-6H2,(H2,10,11,12,13). The fourth-order valence-corrected chi connectivity index (χ4v) is 1.93. The zero-order chi connectivity index (χ0) is 10.5. The van der Waals surface area contributed by atoms with Crippen LogP contribution in [0.5, 0.6) is 0 Å². The average Bonchev–Trinajstić information content (AvgIpc) is 2.86. The van der Waals surface area contributed by atoms with Gasteiger partial charge in [0.15, 0.2) is 5.13 Å². The smallest absolute Gasteiger partial charge is 0.321 e. The molecule has 1 aromatic heterocycles. The second-order valence-corrected chi connectivity index (χ2v) is 4.30. The second kappa shape index (κ2) is 5.09. The lowest BCUT2D eigenvalue weighted by Crippen LogP contribution is -2.33. The quantitative estimate of drug-likeness (QED) is 0.818. The number of carbonyl (C=O) groups is 1. The van der Waals surface area contributed by atoms with Crippen molar-refractivity contribution in [3.05, 3.63) is 11.6 Å². The fourth-order valence-electron chi connectivity index (χ4n) is 1.41. The van der Waals surface area contributed by atoms with E-state index in [4.69, 9.17) is 4.74 Å². The predicted molar refractivity (Wildman–Crippen MR) is 58.1 cm³/mol. The number of amides is 2. The van der Waals surface area contributed by atoms with Crippen molar-refractivity contribution in [3.63, 3.8) is 0 Å². The SMILES string of the molecule is O=C(NCC1CCOC1)Nc1nccs1. The molecular weight excluding hydrogens is 214 g/mol. The molecule has 1 aliphatic rings. The van der Waals surface area contributed by atoms with E-state index in [0.717, 1.165) is 19.6 Å². The van der Waals surface area contributed by atoms with Gasteiger partial charge in [0.1, 0.15) is 0 Å². The maximum absolute atomic E-state index is 11.4. The van der Waals surface area contributed by atoms with Crippen LogP contribution in [0.4, 0.5) is 9.93 Å². The molecular formula is C9H13N3O2S. The molecule has 5 nitrogen and oxygen atoms in total. The summed E-state index contributed by atoms with van der Waals surface area (Å²) in [6.45, 7) is 2.22. The second-order valence-electron chi connectivity index (χ2n) is 3.40. The zero-order valence-electron chi connectivity index (χ0n) is 8.23. The number of hydrogen-bond acceptors (Lipinski definition) is 4. The summed E-state index contributed by atoms with van der Waals surface area (Å²) in [5, 5.41) is 7.90. The van der Waals surface area contributed by atoms with Crippen LogP contribution in [0.3, 0.4) is 0 Å². The van der Waals surface area contributed by atoms with E-state index in [2.05, 4.69) is 15.6 Å². The zero-order valence-corrected chi connectivity index (χ0v) is 9.05. The van der Waals surface area contributed by atoms with Crippen molar-refractivity contribution in [1.82, 2.24) is 10.3 Å². The van der Waals surface area contributed by atoms with Gasteiger partial charge >= 0.3 is 6.03 Å². The first-order valence-electron chi connectivity index (χ1n) is 4.86. The monoisotopic (exact) mass is 227 g/mol. The Bertz CT molecular complexity index is 309. The van der Waals surface area contributed by atoms with Gasteiger partial charge in [-0.2, -0.15) is 0 Å². The lowest BCUT2D eigenvalue weighted by atomic mass is 10.1. The highest BCUT2D eigenvalue weighted by atomic mass is 32.1. The number of nitrogens with zero attached hydrogens (tertiary/aromatic N) is 1. The van der Waals surface area contributed by atoms with Gasteiger partial charge in [0.25, 0.3) is 0 Å². The summed E-state index contributed by atoms with van der Waals surface area (Å²) in [5.41, 5.74) is 0. The lowest BCUT2D eigenvalue weighted by Gasteiger charge is -2.09. The molecule has 2 heterocycles. The minimum absolute atomic E-state index is 0.197. The summed E-state index contributed by atoms with van der Waals surface area (Å²) in [6.07, 6.45) is 2.68. The van der Waals surface area contributed by atoms with E-state index in [1.807, 2.05) is 5.38 Å². The highest BCUT2D eigenvalue weighted by Crippen LogP contribution is 2.11. The maximum atomic E-state index is 11.4. The van der Waals surface area contributed by atoms with Gasteiger partial charge in [0.2, 0.25) is 0 Å². The number of ether oxygens (including phenoxy) is 1. The van der Waals surface area contributed by atoms with Gasteiger partial charge in [0.05, 0.1) is 6.61 Å². The molecule has 0 saturated carbocycles. The Morgan fingerprint density at radius 3 is 3.33 bits per heavy atom. The van der Waals surface area contributed by atoms with Gasteiger partial charge in [-0.25, -0.2) is 9.78 Å². The van der Waals surface area contributed by atoms with E-state index in [1.165, 1.54) is 11.3 Å². The molecule has 6 heteroatoms. The Balaban J connectivity index is 1.68. The van der Waals surface area contributed by atoms with Crippen molar-refractivity contribution < 1.29 is 9.53 Å². The van der Waals surface area contributed by atoms with E-state index in [9.17, 15) is 4.79 Å². The number of urea groups is 1. The topological polar surface area (TPSA) is 63.2 Å². The molecule has 2 N–H and O–H groups in total. The Labute approximate surface area is 91.9 Å². The Morgan fingerprint density at radius 1 is 1.73 bits per heavy atom. The van der Waals surface area contributed by atoms with Crippen LogP contribution in [0.25, 0.3) is 0 Å². The van der Waals surface area contributed by atoms with Crippen LogP contribution in [-0.4, -0.2) is 30.8 Å². The van der Waals surface area contributed by atoms with Gasteiger partial charge < -0.3 is 10.1 Å². The van der Waals surface area contributed by atoms with Crippen LogP contribution < -0.4 is 10.6 Å². The van der Waals surface area contributed by atoms with Crippen molar-refractivity contribution in [2.75, 3.05) is 25.1 Å². The van der Waals surface area contributed by atoms with Crippen LogP contribution in [-0.2, 0) is 4.74 Å². The van der Waals surface area contributed by atoms with Crippen LogP contribution >= 0.6 is 11.3 Å². The molecule has 0 aliphatic carbocycles. The van der Waals surface area contributed by atoms with Crippen molar-refractivity contribution in [3.8, 4) is 0 Å². The van der Waals surface area contributed by atoms with Crippen molar-refractivity contribution >= 4 is 22.5 Å². The molecule has 2 amide bonds. The number of carbonyl (C=O) groups excluding carboxylic acids is 1. The van der Waals surface area contributed by atoms with Gasteiger partial charge in [-0.1, -0.05) is 0 Å². The fraction of sp³-hybridized carbons (Fsp3) is 0.556. The molecule has 1 atom stereocenters. The maximum Gasteiger partial charge on any atom is 0.321 e. The molecule has 0 bridgehead atoms. The first-order valence-corrected chi connectivity index (χ1v) is 5.74. The predicted octanol–water partition coefficient (Wildman–Crippen LogP) is 1.30. The third-order valence-corrected chi connectivity index (χ3v) is 2.92. The molecule has 15 heavy (non-hydrogen) atoms. The minimum atomic E-state index is -0.197. The number of rotatable bonds is 3. The third-order valence-electron chi connectivity index (χ3n) is 2.23. The third kappa shape index (κ3) is 3.17. The number of nitrogens with one attached hydrogen (secondary N) is 2. The molecule has 0 radical (unpaired) electrons. The summed E-state index contributed by atoms with van der Waals surface area (Å²) >= 11 is 1.40.